The second-order valence-electron chi connectivity index (χ2n) is 5.86. The molecule has 0 atom stereocenters. The van der Waals surface area contributed by atoms with Crippen molar-refractivity contribution in [3.63, 3.8) is 0 Å². The Balaban J connectivity index is 1.74. The van der Waals surface area contributed by atoms with E-state index in [0.717, 1.165) is 32.0 Å². The van der Waals surface area contributed by atoms with E-state index in [-0.39, 0.29) is 11.2 Å². The summed E-state index contributed by atoms with van der Waals surface area (Å²) in [4.78, 5) is 4.46. The van der Waals surface area contributed by atoms with Crippen molar-refractivity contribution < 1.29 is 4.39 Å². The van der Waals surface area contributed by atoms with Crippen LogP contribution in [0.15, 0.2) is 29.3 Å². The number of halogens is 1. The minimum absolute atomic E-state index is 0.134. The maximum atomic E-state index is 13.1. The van der Waals surface area contributed by atoms with Gasteiger partial charge in [-0.2, -0.15) is 0 Å². The summed E-state index contributed by atoms with van der Waals surface area (Å²) in [6, 6.07) is 7.04. The average molecular weight is 275 g/mol. The van der Waals surface area contributed by atoms with E-state index in [9.17, 15) is 4.39 Å². The zero-order valence-corrected chi connectivity index (χ0v) is 11.8. The van der Waals surface area contributed by atoms with Crippen molar-refractivity contribution in [1.29, 1.82) is 0 Å². The van der Waals surface area contributed by atoms with Gasteiger partial charge >= 0.3 is 0 Å². The van der Waals surface area contributed by atoms with Gasteiger partial charge in [-0.25, -0.2) is 4.39 Å². The highest BCUT2D eigenvalue weighted by Crippen LogP contribution is 2.40. The van der Waals surface area contributed by atoms with Crippen LogP contribution >= 0.6 is 0 Å². The standard InChI is InChI=1S/C16H22FN3/c17-14-6-4-13(5-7-14)16(8-1-2-9-16)12-20-15-18-10-3-11-19-15/h4-7H,1-3,8-12H2,(H2,18,19,20). The zero-order chi connectivity index (χ0) is 13.8. The van der Waals surface area contributed by atoms with Crippen LogP contribution in [-0.4, -0.2) is 25.6 Å². The minimum atomic E-state index is -0.159. The highest BCUT2D eigenvalue weighted by atomic mass is 19.1. The van der Waals surface area contributed by atoms with Crippen LogP contribution in [0.5, 0.6) is 0 Å². The molecule has 3 nitrogen and oxygen atoms in total. The molecule has 20 heavy (non-hydrogen) atoms. The summed E-state index contributed by atoms with van der Waals surface area (Å²) in [5, 5.41) is 6.76. The molecule has 0 unspecified atom stereocenters. The minimum Gasteiger partial charge on any atom is -0.356 e. The van der Waals surface area contributed by atoms with E-state index in [2.05, 4.69) is 15.6 Å². The van der Waals surface area contributed by atoms with Gasteiger partial charge in [0.2, 0.25) is 0 Å². The van der Waals surface area contributed by atoms with Crippen LogP contribution in [-0.2, 0) is 5.41 Å². The van der Waals surface area contributed by atoms with Gasteiger partial charge in [0, 0.05) is 25.0 Å². The molecule has 0 bridgehead atoms. The Morgan fingerprint density at radius 2 is 1.90 bits per heavy atom. The van der Waals surface area contributed by atoms with Gasteiger partial charge < -0.3 is 10.6 Å². The molecule has 4 heteroatoms. The molecule has 0 saturated heterocycles. The van der Waals surface area contributed by atoms with Crippen molar-refractivity contribution in [2.45, 2.75) is 37.5 Å². The topological polar surface area (TPSA) is 36.4 Å². The maximum absolute atomic E-state index is 13.1. The van der Waals surface area contributed by atoms with E-state index >= 15 is 0 Å². The molecule has 1 aliphatic heterocycles. The van der Waals surface area contributed by atoms with Crippen molar-refractivity contribution in [2.24, 2.45) is 4.99 Å². The number of nitrogens with zero attached hydrogens (tertiary/aromatic N) is 1. The monoisotopic (exact) mass is 275 g/mol. The van der Waals surface area contributed by atoms with Crippen molar-refractivity contribution in [3.05, 3.63) is 35.6 Å². The first-order chi connectivity index (χ1) is 9.78. The quantitative estimate of drug-likeness (QED) is 0.889. The molecular formula is C16H22FN3. The van der Waals surface area contributed by atoms with Crippen LogP contribution in [0.25, 0.3) is 0 Å². The van der Waals surface area contributed by atoms with Crippen LogP contribution in [0, 0.1) is 5.82 Å². The van der Waals surface area contributed by atoms with Crippen LogP contribution in [0.4, 0.5) is 4.39 Å². The summed E-state index contributed by atoms with van der Waals surface area (Å²) in [5.41, 5.74) is 1.38. The number of hydrogen-bond acceptors (Lipinski definition) is 3. The lowest BCUT2D eigenvalue weighted by atomic mass is 9.79. The molecule has 2 N–H and O–H groups in total. The molecule has 1 aromatic rings. The van der Waals surface area contributed by atoms with Crippen molar-refractivity contribution >= 4 is 5.96 Å². The van der Waals surface area contributed by atoms with Crippen molar-refractivity contribution in [3.8, 4) is 0 Å². The molecule has 3 rings (SSSR count). The number of benzene rings is 1. The van der Waals surface area contributed by atoms with Crippen LogP contribution in [0.3, 0.4) is 0 Å². The van der Waals surface area contributed by atoms with E-state index in [1.54, 1.807) is 12.1 Å². The summed E-state index contributed by atoms with van der Waals surface area (Å²) in [5.74, 6) is 0.762. The molecule has 108 valence electrons. The first kappa shape index (κ1) is 13.4. The van der Waals surface area contributed by atoms with Gasteiger partial charge in [0.1, 0.15) is 5.82 Å². The molecule has 1 aliphatic carbocycles. The lowest BCUT2D eigenvalue weighted by Crippen LogP contribution is -2.46. The van der Waals surface area contributed by atoms with Gasteiger partial charge in [0.05, 0.1) is 0 Å². The number of hydrogen-bond donors (Lipinski definition) is 2. The van der Waals surface area contributed by atoms with Crippen LogP contribution < -0.4 is 10.6 Å². The third kappa shape index (κ3) is 2.79. The number of rotatable bonds is 3. The molecule has 1 aromatic carbocycles. The first-order valence-corrected chi connectivity index (χ1v) is 7.57. The van der Waals surface area contributed by atoms with Crippen molar-refractivity contribution in [1.82, 2.24) is 10.6 Å². The lowest BCUT2D eigenvalue weighted by molar-refractivity contribution is 0.429. The van der Waals surface area contributed by atoms with Crippen molar-refractivity contribution in [2.75, 3.05) is 19.6 Å². The van der Waals surface area contributed by atoms with Gasteiger partial charge in [0.25, 0.3) is 0 Å². The smallest absolute Gasteiger partial charge is 0.191 e. The fraction of sp³-hybridized carbons (Fsp3) is 0.562. The summed E-state index contributed by atoms with van der Waals surface area (Å²) in [7, 11) is 0. The molecule has 1 heterocycles. The van der Waals surface area contributed by atoms with E-state index in [0.29, 0.717) is 0 Å². The Labute approximate surface area is 119 Å². The molecule has 0 spiro atoms. The Kier molecular flexibility index (Phi) is 3.90. The Hall–Kier alpha value is -1.58. The van der Waals surface area contributed by atoms with E-state index in [1.165, 1.54) is 31.2 Å². The average Bonchev–Trinajstić information content (AvgIpc) is 2.97. The number of aliphatic imine (C=N–C) groups is 1. The predicted molar refractivity (Wildman–Crippen MR) is 79.5 cm³/mol. The van der Waals surface area contributed by atoms with Gasteiger partial charge in [-0.15, -0.1) is 0 Å². The highest BCUT2D eigenvalue weighted by Gasteiger charge is 2.35. The summed E-state index contributed by atoms with van der Waals surface area (Å²) in [6.07, 6.45) is 5.93. The third-order valence-electron chi connectivity index (χ3n) is 4.51. The van der Waals surface area contributed by atoms with Crippen LogP contribution in [0.1, 0.15) is 37.7 Å². The fourth-order valence-electron chi connectivity index (χ4n) is 3.33. The second-order valence-corrected chi connectivity index (χ2v) is 5.86. The van der Waals surface area contributed by atoms with Gasteiger partial charge in [-0.1, -0.05) is 25.0 Å². The van der Waals surface area contributed by atoms with Gasteiger partial charge in [0.15, 0.2) is 5.96 Å². The van der Waals surface area contributed by atoms with Gasteiger partial charge in [-0.05, 0) is 37.0 Å². The SMILES string of the molecule is Fc1ccc(C2(CNC3=NCCCN3)CCCC2)cc1. The van der Waals surface area contributed by atoms with E-state index < -0.39 is 0 Å². The van der Waals surface area contributed by atoms with Crippen LogP contribution in [0.2, 0.25) is 0 Å². The molecule has 0 amide bonds. The molecule has 0 aromatic heterocycles. The maximum Gasteiger partial charge on any atom is 0.191 e. The predicted octanol–water partition coefficient (Wildman–Crippen LogP) is 2.58. The Morgan fingerprint density at radius 3 is 2.55 bits per heavy atom. The summed E-state index contributed by atoms with van der Waals surface area (Å²) < 4.78 is 13.1. The first-order valence-electron chi connectivity index (χ1n) is 7.57. The third-order valence-corrected chi connectivity index (χ3v) is 4.51. The zero-order valence-electron chi connectivity index (χ0n) is 11.8. The lowest BCUT2D eigenvalue weighted by Gasteiger charge is -2.31. The summed E-state index contributed by atoms with van der Waals surface area (Å²) >= 11 is 0. The number of nitrogens with one attached hydrogen (secondary N) is 2. The molecule has 2 aliphatic rings. The second kappa shape index (κ2) is 5.81. The van der Waals surface area contributed by atoms with E-state index in [4.69, 9.17) is 0 Å². The fourth-order valence-corrected chi connectivity index (χ4v) is 3.33. The molecular weight excluding hydrogens is 253 g/mol. The molecule has 0 radical (unpaired) electrons. The van der Waals surface area contributed by atoms with Gasteiger partial charge in [-0.3, -0.25) is 4.99 Å². The Morgan fingerprint density at radius 1 is 1.15 bits per heavy atom. The molecule has 1 saturated carbocycles. The number of guanidine groups is 1. The largest absolute Gasteiger partial charge is 0.356 e. The summed E-state index contributed by atoms with van der Waals surface area (Å²) in [6.45, 7) is 2.78. The molecule has 1 fully saturated rings. The Bertz CT molecular complexity index is 475. The normalized spacial score (nSPS) is 21.1. The van der Waals surface area contributed by atoms with E-state index in [1.807, 2.05) is 12.1 Å². The highest BCUT2D eigenvalue weighted by molar-refractivity contribution is 5.80.